The summed E-state index contributed by atoms with van der Waals surface area (Å²) in [5, 5.41) is 3.07. The average molecular weight is 260 g/mol. The zero-order chi connectivity index (χ0) is 13.3. The number of aryl methyl sites for hydroxylation is 1. The first-order chi connectivity index (χ1) is 7.91. The van der Waals surface area contributed by atoms with Gasteiger partial charge in [0.25, 0.3) is 10.1 Å². The number of hydrogen-bond donors (Lipinski definition) is 3. The van der Waals surface area contributed by atoms with Crippen LogP contribution in [-0.2, 0) is 10.1 Å². The summed E-state index contributed by atoms with van der Waals surface area (Å²) in [6.07, 6.45) is 0. The quantitative estimate of drug-likeness (QED) is 0.550. The van der Waals surface area contributed by atoms with Gasteiger partial charge in [-0.15, -0.1) is 0 Å². The second-order valence-electron chi connectivity index (χ2n) is 3.43. The Hall–Kier alpha value is -0.950. The van der Waals surface area contributed by atoms with Crippen LogP contribution in [0.3, 0.4) is 0 Å². The van der Waals surface area contributed by atoms with Crippen molar-refractivity contribution < 1.29 is 13.0 Å². The van der Waals surface area contributed by atoms with Gasteiger partial charge in [0, 0.05) is 13.1 Å². The summed E-state index contributed by atoms with van der Waals surface area (Å²) in [5.74, 6) is 0. The van der Waals surface area contributed by atoms with Crippen molar-refractivity contribution in [2.24, 2.45) is 5.73 Å². The molecule has 98 valence electrons. The predicted octanol–water partition coefficient (Wildman–Crippen LogP) is 0.796. The van der Waals surface area contributed by atoms with Gasteiger partial charge in [0.05, 0.1) is 4.90 Å². The number of benzene rings is 1. The van der Waals surface area contributed by atoms with Crippen molar-refractivity contribution in [2.75, 3.05) is 19.6 Å². The lowest BCUT2D eigenvalue weighted by Gasteiger charge is -1.95. The Kier molecular flexibility index (Phi) is 7.73. The summed E-state index contributed by atoms with van der Waals surface area (Å²) in [6, 6.07) is 5.99. The second kappa shape index (κ2) is 8.19. The zero-order valence-electron chi connectivity index (χ0n) is 10.2. The molecule has 0 aromatic heterocycles. The van der Waals surface area contributed by atoms with Crippen molar-refractivity contribution in [3.63, 3.8) is 0 Å². The third-order valence-corrected chi connectivity index (χ3v) is 2.76. The van der Waals surface area contributed by atoms with Crippen molar-refractivity contribution in [2.45, 2.75) is 18.7 Å². The topological polar surface area (TPSA) is 92.4 Å². The lowest BCUT2D eigenvalue weighted by Crippen LogP contribution is -2.21. The molecule has 0 radical (unpaired) electrons. The molecule has 0 amide bonds. The fourth-order valence-corrected chi connectivity index (χ4v) is 1.47. The van der Waals surface area contributed by atoms with Gasteiger partial charge in [-0.25, -0.2) is 0 Å². The van der Waals surface area contributed by atoms with Crippen LogP contribution in [0.2, 0.25) is 0 Å². The fourth-order valence-electron chi connectivity index (χ4n) is 0.989. The van der Waals surface area contributed by atoms with E-state index in [1.165, 1.54) is 12.1 Å². The van der Waals surface area contributed by atoms with E-state index in [1.54, 1.807) is 12.1 Å². The minimum Gasteiger partial charge on any atom is -0.329 e. The van der Waals surface area contributed by atoms with E-state index < -0.39 is 10.1 Å². The Bertz CT molecular complexity index is 397. The number of nitrogens with one attached hydrogen (secondary N) is 1. The third kappa shape index (κ3) is 7.87. The lowest BCUT2D eigenvalue weighted by molar-refractivity contribution is 0.483. The van der Waals surface area contributed by atoms with Crippen LogP contribution in [0, 0.1) is 6.92 Å². The molecule has 0 heterocycles. The maximum atomic E-state index is 10.5. The minimum atomic E-state index is -4.02. The van der Waals surface area contributed by atoms with Crippen molar-refractivity contribution in [3.05, 3.63) is 29.8 Å². The molecule has 1 aromatic carbocycles. The fraction of sp³-hybridized carbons (Fsp3) is 0.455. The van der Waals surface area contributed by atoms with Gasteiger partial charge in [-0.05, 0) is 25.6 Å². The first-order valence-electron chi connectivity index (χ1n) is 5.36. The first kappa shape index (κ1) is 16.1. The summed E-state index contributed by atoms with van der Waals surface area (Å²) in [5.41, 5.74) is 6.11. The summed E-state index contributed by atoms with van der Waals surface area (Å²) in [6.45, 7) is 6.62. The summed E-state index contributed by atoms with van der Waals surface area (Å²) >= 11 is 0. The Morgan fingerprint density at radius 3 is 2.12 bits per heavy atom. The normalized spacial score (nSPS) is 10.6. The third-order valence-electron chi connectivity index (χ3n) is 1.89. The molecule has 1 aromatic rings. The number of hydrogen-bond acceptors (Lipinski definition) is 4. The minimum absolute atomic E-state index is 0.0666. The molecule has 0 saturated carbocycles. The number of nitrogens with two attached hydrogens (primary N) is 1. The van der Waals surface area contributed by atoms with Crippen molar-refractivity contribution in [3.8, 4) is 0 Å². The van der Waals surface area contributed by atoms with E-state index in [4.69, 9.17) is 10.3 Å². The smallest absolute Gasteiger partial charge is 0.294 e. The van der Waals surface area contributed by atoms with Crippen molar-refractivity contribution >= 4 is 10.1 Å². The molecular formula is C11H20N2O3S. The second-order valence-corrected chi connectivity index (χ2v) is 4.85. The van der Waals surface area contributed by atoms with Gasteiger partial charge < -0.3 is 11.1 Å². The zero-order valence-corrected chi connectivity index (χ0v) is 11.0. The average Bonchev–Trinajstić information content (AvgIpc) is 2.26. The molecule has 0 fully saturated rings. The molecule has 0 bridgehead atoms. The van der Waals surface area contributed by atoms with Crippen LogP contribution in [0.1, 0.15) is 12.5 Å². The van der Waals surface area contributed by atoms with Gasteiger partial charge >= 0.3 is 0 Å². The Labute approximate surface area is 103 Å². The highest BCUT2D eigenvalue weighted by atomic mass is 32.2. The van der Waals surface area contributed by atoms with Crippen molar-refractivity contribution in [1.82, 2.24) is 5.32 Å². The van der Waals surface area contributed by atoms with E-state index in [-0.39, 0.29) is 4.90 Å². The molecule has 5 nitrogen and oxygen atoms in total. The van der Waals surface area contributed by atoms with Crippen LogP contribution < -0.4 is 11.1 Å². The maximum absolute atomic E-state index is 10.5. The van der Waals surface area contributed by atoms with Crippen LogP contribution in [0.25, 0.3) is 0 Å². The molecule has 0 atom stereocenters. The lowest BCUT2D eigenvalue weighted by atomic mass is 10.2. The number of rotatable bonds is 4. The molecule has 0 aliphatic carbocycles. The van der Waals surface area contributed by atoms with E-state index in [0.717, 1.165) is 25.2 Å². The van der Waals surface area contributed by atoms with Gasteiger partial charge in [-0.3, -0.25) is 4.55 Å². The summed E-state index contributed by atoms with van der Waals surface area (Å²) < 4.78 is 29.6. The van der Waals surface area contributed by atoms with E-state index in [9.17, 15) is 8.42 Å². The van der Waals surface area contributed by atoms with Crippen LogP contribution >= 0.6 is 0 Å². The standard InChI is InChI=1S/C7H8O3S.C4H12N2/c1-6-2-4-7(5-3-6)11(8,9)10;1-2-6-4-3-5/h2-5H,1H3,(H,8,9,10);6H,2-5H2,1H3. The Morgan fingerprint density at radius 1 is 1.29 bits per heavy atom. The predicted molar refractivity (Wildman–Crippen MR) is 68.6 cm³/mol. The van der Waals surface area contributed by atoms with Crippen LogP contribution in [0.15, 0.2) is 29.2 Å². The molecule has 0 saturated heterocycles. The molecule has 0 aliphatic heterocycles. The molecule has 17 heavy (non-hydrogen) atoms. The molecule has 0 unspecified atom stereocenters. The maximum Gasteiger partial charge on any atom is 0.294 e. The monoisotopic (exact) mass is 260 g/mol. The highest BCUT2D eigenvalue weighted by Crippen LogP contribution is 2.08. The van der Waals surface area contributed by atoms with Gasteiger partial charge in [0.1, 0.15) is 0 Å². The largest absolute Gasteiger partial charge is 0.329 e. The Morgan fingerprint density at radius 2 is 1.82 bits per heavy atom. The van der Waals surface area contributed by atoms with E-state index in [1.807, 2.05) is 6.92 Å². The van der Waals surface area contributed by atoms with Gasteiger partial charge in [-0.2, -0.15) is 8.42 Å². The van der Waals surface area contributed by atoms with Crippen LogP contribution in [0.5, 0.6) is 0 Å². The summed E-state index contributed by atoms with van der Waals surface area (Å²) in [4.78, 5) is -0.0666. The van der Waals surface area contributed by atoms with Gasteiger partial charge in [0.15, 0.2) is 0 Å². The molecule has 6 heteroatoms. The van der Waals surface area contributed by atoms with Crippen LogP contribution in [0.4, 0.5) is 0 Å². The molecular weight excluding hydrogens is 240 g/mol. The summed E-state index contributed by atoms with van der Waals surface area (Å²) in [7, 11) is -4.02. The molecule has 4 N–H and O–H groups in total. The van der Waals surface area contributed by atoms with E-state index >= 15 is 0 Å². The van der Waals surface area contributed by atoms with Gasteiger partial charge in [-0.1, -0.05) is 24.6 Å². The Balaban J connectivity index is 0.000000366. The van der Waals surface area contributed by atoms with Crippen molar-refractivity contribution in [1.29, 1.82) is 0 Å². The highest BCUT2D eigenvalue weighted by molar-refractivity contribution is 7.85. The molecule has 0 spiro atoms. The number of likely N-dealkylation sites (N-methyl/N-ethyl adjacent to an activating group) is 1. The molecule has 0 aliphatic rings. The van der Waals surface area contributed by atoms with E-state index in [2.05, 4.69) is 12.2 Å². The van der Waals surface area contributed by atoms with E-state index in [0.29, 0.717) is 0 Å². The first-order valence-corrected chi connectivity index (χ1v) is 6.80. The van der Waals surface area contributed by atoms with Gasteiger partial charge in [0.2, 0.25) is 0 Å². The van der Waals surface area contributed by atoms with Crippen LogP contribution in [-0.4, -0.2) is 32.6 Å². The molecule has 1 rings (SSSR count). The highest BCUT2D eigenvalue weighted by Gasteiger charge is 2.06. The SMILES string of the molecule is CCNCCN.Cc1ccc(S(=O)(=O)O)cc1.